The molecule has 0 heterocycles. The second-order valence-electron chi connectivity index (χ2n) is 2.21. The number of rotatable bonds is 5. The van der Waals surface area contributed by atoms with E-state index >= 15 is 0 Å². The summed E-state index contributed by atoms with van der Waals surface area (Å²) in [6.45, 7) is 6.06. The van der Waals surface area contributed by atoms with Crippen LogP contribution in [-0.2, 0) is 4.74 Å². The van der Waals surface area contributed by atoms with Gasteiger partial charge in [0, 0.05) is 6.54 Å². The highest BCUT2D eigenvalue weighted by molar-refractivity contribution is 5.67. The lowest BCUT2D eigenvalue weighted by atomic mass is 10.2. The predicted molar refractivity (Wildman–Crippen MR) is 44.2 cm³/mol. The Hall–Kier alpha value is -0.990. The first-order valence-corrected chi connectivity index (χ1v) is 3.86. The Labute approximate surface area is 67.4 Å². The van der Waals surface area contributed by atoms with Gasteiger partial charge in [-0.15, -0.1) is 0 Å². The highest BCUT2D eigenvalue weighted by atomic mass is 16.5. The van der Waals surface area contributed by atoms with Crippen LogP contribution in [-0.4, -0.2) is 12.6 Å². The van der Waals surface area contributed by atoms with Gasteiger partial charge in [0.15, 0.2) is 0 Å². The summed E-state index contributed by atoms with van der Waals surface area (Å²) in [6.07, 6.45) is 3.99. The number of hydrogen-bond acceptors (Lipinski definition) is 2. The molecule has 0 saturated carbocycles. The average Bonchev–Trinajstić information content (AvgIpc) is 1.99. The van der Waals surface area contributed by atoms with Crippen LogP contribution in [0.4, 0.5) is 4.79 Å². The summed E-state index contributed by atoms with van der Waals surface area (Å²) < 4.78 is 4.44. The van der Waals surface area contributed by atoms with Gasteiger partial charge in [-0.3, -0.25) is 0 Å². The molecule has 0 unspecified atom stereocenters. The maximum absolute atomic E-state index is 10.6. The molecule has 0 aliphatic carbocycles. The van der Waals surface area contributed by atoms with E-state index in [1.165, 1.54) is 0 Å². The molecule has 64 valence electrons. The van der Waals surface area contributed by atoms with E-state index < -0.39 is 6.09 Å². The van der Waals surface area contributed by atoms with E-state index in [2.05, 4.69) is 23.6 Å². The van der Waals surface area contributed by atoms with Crippen LogP contribution >= 0.6 is 0 Å². The van der Waals surface area contributed by atoms with Crippen molar-refractivity contribution in [3.05, 3.63) is 12.8 Å². The third-order valence-electron chi connectivity index (χ3n) is 1.24. The number of nitrogens with one attached hydrogen (secondary N) is 1. The van der Waals surface area contributed by atoms with Gasteiger partial charge in [-0.05, 0) is 6.42 Å². The van der Waals surface area contributed by atoms with Crippen molar-refractivity contribution < 1.29 is 9.53 Å². The van der Waals surface area contributed by atoms with Crippen molar-refractivity contribution in [2.75, 3.05) is 6.54 Å². The zero-order valence-corrected chi connectivity index (χ0v) is 6.93. The number of amides is 1. The highest BCUT2D eigenvalue weighted by Gasteiger charge is 1.95. The maximum Gasteiger partial charge on any atom is 0.411 e. The summed E-state index contributed by atoms with van der Waals surface area (Å²) in [4.78, 5) is 10.6. The number of carbonyl (C=O) groups is 1. The summed E-state index contributed by atoms with van der Waals surface area (Å²) in [5, 5.41) is 2.59. The first-order chi connectivity index (χ1) is 5.31. The van der Waals surface area contributed by atoms with E-state index in [0.717, 1.165) is 25.5 Å². The fourth-order valence-electron chi connectivity index (χ4n) is 0.683. The Kier molecular flexibility index (Phi) is 6.48. The number of alkyl carbamates (subject to hydrolysis) is 1. The summed E-state index contributed by atoms with van der Waals surface area (Å²) in [6, 6.07) is 0. The minimum Gasteiger partial charge on any atom is -0.419 e. The van der Waals surface area contributed by atoms with E-state index in [9.17, 15) is 4.79 Å². The smallest absolute Gasteiger partial charge is 0.411 e. The lowest BCUT2D eigenvalue weighted by molar-refractivity contribution is 0.185. The van der Waals surface area contributed by atoms with Crippen LogP contribution in [0.5, 0.6) is 0 Å². The van der Waals surface area contributed by atoms with Crippen LogP contribution in [0.3, 0.4) is 0 Å². The molecule has 0 rings (SSSR count). The molecule has 0 bridgehead atoms. The number of unbranched alkanes of at least 4 members (excludes halogenated alkanes) is 2. The molecule has 0 saturated heterocycles. The van der Waals surface area contributed by atoms with Gasteiger partial charge in [0.25, 0.3) is 0 Å². The minimum absolute atomic E-state index is 0.420. The van der Waals surface area contributed by atoms with Crippen LogP contribution in [0.1, 0.15) is 26.2 Å². The maximum atomic E-state index is 10.6. The second kappa shape index (κ2) is 7.12. The zero-order chi connectivity index (χ0) is 8.53. The Balaban J connectivity index is 3.10. The minimum atomic E-state index is -0.420. The molecule has 0 aliphatic rings. The molecule has 0 fully saturated rings. The van der Waals surface area contributed by atoms with Crippen LogP contribution in [0.2, 0.25) is 0 Å². The molecule has 3 heteroatoms. The SMILES string of the molecule is C=COC(=O)NCCCCC. The van der Waals surface area contributed by atoms with Crippen molar-refractivity contribution in [2.24, 2.45) is 0 Å². The monoisotopic (exact) mass is 157 g/mol. The van der Waals surface area contributed by atoms with Gasteiger partial charge in [0.1, 0.15) is 0 Å². The number of hydrogen-bond donors (Lipinski definition) is 1. The Morgan fingerprint density at radius 2 is 2.36 bits per heavy atom. The predicted octanol–water partition coefficient (Wildman–Crippen LogP) is 2.05. The van der Waals surface area contributed by atoms with Crippen LogP contribution in [0.15, 0.2) is 12.8 Å². The van der Waals surface area contributed by atoms with E-state index in [1.54, 1.807) is 0 Å². The Morgan fingerprint density at radius 3 is 2.91 bits per heavy atom. The summed E-state index contributed by atoms with van der Waals surface area (Å²) in [5.74, 6) is 0. The van der Waals surface area contributed by atoms with Crippen molar-refractivity contribution in [3.8, 4) is 0 Å². The van der Waals surface area contributed by atoms with Gasteiger partial charge in [-0.2, -0.15) is 0 Å². The van der Waals surface area contributed by atoms with E-state index in [1.807, 2.05) is 0 Å². The summed E-state index contributed by atoms with van der Waals surface area (Å²) >= 11 is 0. The lowest BCUT2D eigenvalue weighted by Crippen LogP contribution is -2.23. The molecular weight excluding hydrogens is 142 g/mol. The largest absolute Gasteiger partial charge is 0.419 e. The summed E-state index contributed by atoms with van der Waals surface area (Å²) in [7, 11) is 0. The van der Waals surface area contributed by atoms with Crippen molar-refractivity contribution in [1.82, 2.24) is 5.32 Å². The molecule has 1 N–H and O–H groups in total. The average molecular weight is 157 g/mol. The van der Waals surface area contributed by atoms with Crippen LogP contribution < -0.4 is 5.32 Å². The molecule has 0 aromatic heterocycles. The van der Waals surface area contributed by atoms with Gasteiger partial charge in [0.05, 0.1) is 6.26 Å². The molecule has 0 atom stereocenters. The Bertz CT molecular complexity index is 123. The first kappa shape index (κ1) is 10.0. The molecule has 0 radical (unpaired) electrons. The third kappa shape index (κ3) is 6.90. The molecule has 0 aromatic carbocycles. The van der Waals surface area contributed by atoms with E-state index in [0.29, 0.717) is 6.54 Å². The van der Waals surface area contributed by atoms with Crippen molar-refractivity contribution in [1.29, 1.82) is 0 Å². The topological polar surface area (TPSA) is 38.3 Å². The van der Waals surface area contributed by atoms with Gasteiger partial charge >= 0.3 is 6.09 Å². The van der Waals surface area contributed by atoms with Gasteiger partial charge in [0.2, 0.25) is 0 Å². The van der Waals surface area contributed by atoms with Crippen molar-refractivity contribution in [2.45, 2.75) is 26.2 Å². The van der Waals surface area contributed by atoms with Crippen LogP contribution in [0.25, 0.3) is 0 Å². The van der Waals surface area contributed by atoms with Crippen LogP contribution in [0, 0.1) is 0 Å². The second-order valence-corrected chi connectivity index (χ2v) is 2.21. The van der Waals surface area contributed by atoms with Gasteiger partial charge < -0.3 is 10.1 Å². The normalized spacial score (nSPS) is 8.82. The fourth-order valence-corrected chi connectivity index (χ4v) is 0.683. The molecule has 0 spiro atoms. The highest BCUT2D eigenvalue weighted by Crippen LogP contribution is 1.91. The molecule has 0 aromatic rings. The molecule has 11 heavy (non-hydrogen) atoms. The fraction of sp³-hybridized carbons (Fsp3) is 0.625. The third-order valence-corrected chi connectivity index (χ3v) is 1.24. The molecule has 3 nitrogen and oxygen atoms in total. The quantitative estimate of drug-likeness (QED) is 0.490. The van der Waals surface area contributed by atoms with Gasteiger partial charge in [-0.25, -0.2) is 4.79 Å². The zero-order valence-electron chi connectivity index (χ0n) is 6.93. The van der Waals surface area contributed by atoms with Crippen molar-refractivity contribution in [3.63, 3.8) is 0 Å². The first-order valence-electron chi connectivity index (χ1n) is 3.86. The number of ether oxygens (including phenoxy) is 1. The number of carbonyl (C=O) groups excluding carboxylic acids is 1. The summed E-state index contributed by atoms with van der Waals surface area (Å²) in [5.41, 5.74) is 0. The standard InChI is InChI=1S/C8H15NO2/c1-3-5-6-7-9-8(10)11-4-2/h4H,2-3,5-7H2,1H3,(H,9,10). The molecule has 1 amide bonds. The van der Waals surface area contributed by atoms with E-state index in [4.69, 9.17) is 0 Å². The van der Waals surface area contributed by atoms with E-state index in [-0.39, 0.29) is 0 Å². The van der Waals surface area contributed by atoms with Crippen molar-refractivity contribution >= 4 is 6.09 Å². The molecule has 0 aliphatic heterocycles. The lowest BCUT2D eigenvalue weighted by Gasteiger charge is -2.01. The Morgan fingerprint density at radius 1 is 1.64 bits per heavy atom. The molecular formula is C8H15NO2. The van der Waals surface area contributed by atoms with Gasteiger partial charge in [-0.1, -0.05) is 26.3 Å².